The van der Waals surface area contributed by atoms with E-state index < -0.39 is 6.03 Å². The maximum absolute atomic E-state index is 11.9. The SMILES string of the molecule is CC(C)Cc1ccc([C@H](NCC(=O)NC(=O)NC(C)C)C(C)C)cc1. The van der Waals surface area contributed by atoms with Crippen LogP contribution in [0.3, 0.4) is 0 Å². The first-order valence-electron chi connectivity index (χ1n) is 9.11. The smallest absolute Gasteiger partial charge is 0.321 e. The lowest BCUT2D eigenvalue weighted by Gasteiger charge is -2.23. The predicted molar refractivity (Wildman–Crippen MR) is 102 cm³/mol. The number of carbonyl (C=O) groups is 2. The fraction of sp³-hybridized carbons (Fsp3) is 0.600. The van der Waals surface area contributed by atoms with E-state index in [0.717, 1.165) is 12.0 Å². The van der Waals surface area contributed by atoms with E-state index in [0.29, 0.717) is 11.8 Å². The molecule has 0 unspecified atom stereocenters. The van der Waals surface area contributed by atoms with Crippen LogP contribution in [0, 0.1) is 11.8 Å². The second kappa shape index (κ2) is 10.2. The summed E-state index contributed by atoms with van der Waals surface area (Å²) >= 11 is 0. The number of nitrogens with one attached hydrogen (secondary N) is 3. The largest absolute Gasteiger partial charge is 0.336 e. The number of urea groups is 1. The lowest BCUT2D eigenvalue weighted by molar-refractivity contribution is -0.119. The molecular weight excluding hydrogens is 314 g/mol. The van der Waals surface area contributed by atoms with Gasteiger partial charge < -0.3 is 10.6 Å². The summed E-state index contributed by atoms with van der Waals surface area (Å²) in [6.07, 6.45) is 1.06. The summed E-state index contributed by atoms with van der Waals surface area (Å²) < 4.78 is 0. The summed E-state index contributed by atoms with van der Waals surface area (Å²) in [5.74, 6) is 0.624. The van der Waals surface area contributed by atoms with Gasteiger partial charge in [-0.05, 0) is 43.2 Å². The number of carbonyl (C=O) groups excluding carboxylic acids is 2. The molecule has 0 spiro atoms. The van der Waals surface area contributed by atoms with Gasteiger partial charge in [-0.2, -0.15) is 0 Å². The minimum Gasteiger partial charge on any atom is -0.336 e. The van der Waals surface area contributed by atoms with Gasteiger partial charge in [-0.3, -0.25) is 10.1 Å². The average Bonchev–Trinajstić information content (AvgIpc) is 2.47. The zero-order chi connectivity index (χ0) is 19.0. The topological polar surface area (TPSA) is 70.2 Å². The van der Waals surface area contributed by atoms with Gasteiger partial charge in [-0.25, -0.2) is 4.79 Å². The van der Waals surface area contributed by atoms with E-state index in [2.05, 4.69) is 67.9 Å². The molecule has 5 heteroatoms. The summed E-state index contributed by atoms with van der Waals surface area (Å²) in [6, 6.07) is 8.16. The zero-order valence-electron chi connectivity index (χ0n) is 16.3. The van der Waals surface area contributed by atoms with Crippen LogP contribution in [0.25, 0.3) is 0 Å². The van der Waals surface area contributed by atoms with Gasteiger partial charge in [0, 0.05) is 12.1 Å². The summed E-state index contributed by atoms with van der Waals surface area (Å²) in [6.45, 7) is 12.4. The molecule has 0 radical (unpaired) electrons. The monoisotopic (exact) mass is 347 g/mol. The molecular formula is C20H33N3O2. The van der Waals surface area contributed by atoms with Gasteiger partial charge in [-0.15, -0.1) is 0 Å². The van der Waals surface area contributed by atoms with Gasteiger partial charge in [0.25, 0.3) is 0 Å². The number of imide groups is 1. The molecule has 0 aromatic heterocycles. The molecule has 0 aliphatic carbocycles. The standard InChI is InChI=1S/C20H33N3O2/c1-13(2)11-16-7-9-17(10-8-16)19(14(3)4)21-12-18(24)23-20(25)22-15(5)6/h7-10,13-15,19,21H,11-12H2,1-6H3,(H2,22,23,24,25)/t19-/m1/s1. The number of hydrogen-bond acceptors (Lipinski definition) is 3. The maximum atomic E-state index is 11.9. The van der Waals surface area contributed by atoms with Crippen LogP contribution in [-0.2, 0) is 11.2 Å². The van der Waals surface area contributed by atoms with Crippen molar-refractivity contribution in [1.82, 2.24) is 16.0 Å². The van der Waals surface area contributed by atoms with Crippen LogP contribution in [0.15, 0.2) is 24.3 Å². The first-order chi connectivity index (χ1) is 11.7. The van der Waals surface area contributed by atoms with Gasteiger partial charge in [-0.1, -0.05) is 52.0 Å². The molecule has 1 atom stereocenters. The highest BCUT2D eigenvalue weighted by Crippen LogP contribution is 2.22. The summed E-state index contributed by atoms with van der Waals surface area (Å²) in [5, 5.41) is 8.24. The minimum atomic E-state index is -0.457. The van der Waals surface area contributed by atoms with Crippen LogP contribution in [0.4, 0.5) is 4.79 Å². The fourth-order valence-corrected chi connectivity index (χ4v) is 2.74. The Morgan fingerprint density at radius 2 is 1.56 bits per heavy atom. The Morgan fingerprint density at radius 1 is 0.960 bits per heavy atom. The van der Waals surface area contributed by atoms with Crippen molar-refractivity contribution in [2.45, 2.75) is 60.0 Å². The average molecular weight is 348 g/mol. The van der Waals surface area contributed by atoms with Gasteiger partial charge in [0.05, 0.1) is 6.54 Å². The fourth-order valence-electron chi connectivity index (χ4n) is 2.74. The van der Waals surface area contributed by atoms with E-state index in [4.69, 9.17) is 0 Å². The van der Waals surface area contributed by atoms with Gasteiger partial charge in [0.15, 0.2) is 0 Å². The van der Waals surface area contributed by atoms with Crippen LogP contribution in [0.2, 0.25) is 0 Å². The van der Waals surface area contributed by atoms with Gasteiger partial charge in [0.1, 0.15) is 0 Å². The summed E-state index contributed by atoms with van der Waals surface area (Å²) in [7, 11) is 0. The lowest BCUT2D eigenvalue weighted by atomic mass is 9.94. The first kappa shape index (κ1) is 21.2. The summed E-state index contributed by atoms with van der Waals surface area (Å²) in [5.41, 5.74) is 2.48. The molecule has 25 heavy (non-hydrogen) atoms. The zero-order valence-corrected chi connectivity index (χ0v) is 16.3. The Bertz CT molecular complexity index is 551. The van der Waals surface area contributed by atoms with Crippen molar-refractivity contribution in [3.63, 3.8) is 0 Å². The van der Waals surface area contributed by atoms with Crippen molar-refractivity contribution in [3.8, 4) is 0 Å². The van der Waals surface area contributed by atoms with E-state index >= 15 is 0 Å². The van der Waals surface area contributed by atoms with Crippen LogP contribution in [-0.4, -0.2) is 24.5 Å². The Morgan fingerprint density at radius 3 is 2.04 bits per heavy atom. The molecule has 140 valence electrons. The van der Waals surface area contributed by atoms with Crippen LogP contribution < -0.4 is 16.0 Å². The second-order valence-corrected chi connectivity index (χ2v) is 7.62. The van der Waals surface area contributed by atoms with Crippen molar-refractivity contribution < 1.29 is 9.59 Å². The second-order valence-electron chi connectivity index (χ2n) is 7.62. The maximum Gasteiger partial charge on any atom is 0.321 e. The van der Waals surface area contributed by atoms with Crippen molar-refractivity contribution in [3.05, 3.63) is 35.4 Å². The molecule has 1 aromatic carbocycles. The number of amides is 3. The highest BCUT2D eigenvalue weighted by Gasteiger charge is 2.17. The summed E-state index contributed by atoms with van der Waals surface area (Å²) in [4.78, 5) is 23.5. The quantitative estimate of drug-likeness (QED) is 0.675. The molecule has 3 N–H and O–H groups in total. The van der Waals surface area contributed by atoms with Crippen molar-refractivity contribution >= 4 is 11.9 Å². The van der Waals surface area contributed by atoms with E-state index in [1.54, 1.807) is 0 Å². The van der Waals surface area contributed by atoms with Crippen LogP contribution >= 0.6 is 0 Å². The molecule has 0 bridgehead atoms. The Hall–Kier alpha value is -1.88. The highest BCUT2D eigenvalue weighted by molar-refractivity contribution is 5.95. The van der Waals surface area contributed by atoms with E-state index in [-0.39, 0.29) is 24.5 Å². The van der Waals surface area contributed by atoms with Crippen molar-refractivity contribution in [2.75, 3.05) is 6.54 Å². The molecule has 0 saturated heterocycles. The van der Waals surface area contributed by atoms with E-state index in [1.807, 2.05) is 13.8 Å². The van der Waals surface area contributed by atoms with Crippen molar-refractivity contribution in [2.24, 2.45) is 11.8 Å². The van der Waals surface area contributed by atoms with E-state index in [1.165, 1.54) is 5.56 Å². The van der Waals surface area contributed by atoms with E-state index in [9.17, 15) is 9.59 Å². The Balaban J connectivity index is 2.62. The molecule has 0 saturated carbocycles. The van der Waals surface area contributed by atoms with Crippen LogP contribution in [0.5, 0.6) is 0 Å². The van der Waals surface area contributed by atoms with Gasteiger partial charge >= 0.3 is 6.03 Å². The highest BCUT2D eigenvalue weighted by atomic mass is 16.2. The molecule has 0 aliphatic heterocycles. The normalized spacial score (nSPS) is 12.5. The molecule has 0 fully saturated rings. The number of rotatable bonds is 8. The predicted octanol–water partition coefficient (Wildman–Crippen LogP) is 3.41. The van der Waals surface area contributed by atoms with Crippen LogP contribution in [0.1, 0.15) is 58.7 Å². The molecule has 3 amide bonds. The molecule has 1 aromatic rings. The number of benzene rings is 1. The molecule has 0 aliphatic rings. The Labute approximate surface area is 152 Å². The van der Waals surface area contributed by atoms with Gasteiger partial charge in [0.2, 0.25) is 5.91 Å². The lowest BCUT2D eigenvalue weighted by Crippen LogP contribution is -2.46. The van der Waals surface area contributed by atoms with Crippen molar-refractivity contribution in [1.29, 1.82) is 0 Å². The minimum absolute atomic E-state index is 0.00600. The third kappa shape index (κ3) is 8.16. The third-order valence-corrected chi connectivity index (χ3v) is 3.80. The molecule has 0 heterocycles. The number of hydrogen-bond donors (Lipinski definition) is 3. The first-order valence-corrected chi connectivity index (χ1v) is 9.11. The molecule has 1 rings (SSSR count). The Kier molecular flexibility index (Phi) is 8.62. The third-order valence-electron chi connectivity index (χ3n) is 3.80. The molecule has 5 nitrogen and oxygen atoms in total.